The molecule has 0 aliphatic carbocycles. The summed E-state index contributed by atoms with van der Waals surface area (Å²) in [6, 6.07) is 0. The Hall–Kier alpha value is -0.370. The number of aromatic nitrogens is 2. The Morgan fingerprint density at radius 1 is 1.24 bits per heavy atom. The van der Waals surface area contributed by atoms with Gasteiger partial charge in [-0.1, -0.05) is 23.1 Å². The lowest BCUT2D eigenvalue weighted by Gasteiger charge is -2.15. The topological polar surface area (TPSA) is 47.5 Å². The molecule has 0 radical (unpaired) electrons. The summed E-state index contributed by atoms with van der Waals surface area (Å²) in [4.78, 5) is 1.95. The summed E-state index contributed by atoms with van der Waals surface area (Å²) in [6.45, 7) is 5.24. The van der Waals surface area contributed by atoms with Gasteiger partial charge in [-0.05, 0) is 13.8 Å². The van der Waals surface area contributed by atoms with Crippen molar-refractivity contribution in [2.75, 3.05) is 38.0 Å². The molecule has 0 saturated heterocycles. The van der Waals surface area contributed by atoms with Gasteiger partial charge in [0, 0.05) is 27.3 Å². The van der Waals surface area contributed by atoms with Gasteiger partial charge < -0.3 is 14.4 Å². The molecule has 17 heavy (non-hydrogen) atoms. The Balaban J connectivity index is 2.41. The summed E-state index contributed by atoms with van der Waals surface area (Å²) >= 11 is 3.19. The summed E-state index contributed by atoms with van der Waals surface area (Å²) in [5.74, 6) is 0.740. The van der Waals surface area contributed by atoms with Crippen molar-refractivity contribution in [3.63, 3.8) is 0 Å². The average Bonchev–Trinajstić information content (AvgIpc) is 2.75. The zero-order valence-electron chi connectivity index (χ0n) is 10.7. The van der Waals surface area contributed by atoms with Crippen LogP contribution in [0.15, 0.2) is 4.34 Å². The molecule has 0 aromatic carbocycles. The van der Waals surface area contributed by atoms with Gasteiger partial charge in [0.2, 0.25) is 5.13 Å². The monoisotopic (exact) mass is 277 g/mol. The van der Waals surface area contributed by atoms with E-state index in [1.54, 1.807) is 23.1 Å². The molecule has 0 atom stereocenters. The standard InChI is InChI=1S/C10H19N3O2S2/c1-5-14-8(15-6-2)7-16-10-12-11-9(17-10)13(3)4/h8H,5-7H2,1-4H3. The van der Waals surface area contributed by atoms with E-state index >= 15 is 0 Å². The molecule has 0 bridgehead atoms. The Morgan fingerprint density at radius 3 is 2.35 bits per heavy atom. The van der Waals surface area contributed by atoms with E-state index in [9.17, 15) is 0 Å². The van der Waals surface area contributed by atoms with Crippen LogP contribution in [0.1, 0.15) is 13.8 Å². The van der Waals surface area contributed by atoms with Gasteiger partial charge in [-0.2, -0.15) is 0 Å². The van der Waals surface area contributed by atoms with Crippen molar-refractivity contribution in [2.45, 2.75) is 24.5 Å². The lowest BCUT2D eigenvalue weighted by molar-refractivity contribution is -0.120. The number of anilines is 1. The highest BCUT2D eigenvalue weighted by atomic mass is 32.2. The quantitative estimate of drug-likeness (QED) is 0.536. The van der Waals surface area contributed by atoms with Crippen LogP contribution in [0.25, 0.3) is 0 Å². The van der Waals surface area contributed by atoms with Gasteiger partial charge in [-0.25, -0.2) is 0 Å². The third-order valence-corrected chi connectivity index (χ3v) is 4.08. The number of ether oxygens (including phenoxy) is 2. The Morgan fingerprint density at radius 2 is 1.88 bits per heavy atom. The molecule has 5 nitrogen and oxygen atoms in total. The van der Waals surface area contributed by atoms with Crippen LogP contribution in [0.3, 0.4) is 0 Å². The highest BCUT2D eigenvalue weighted by Crippen LogP contribution is 2.27. The highest BCUT2D eigenvalue weighted by Gasteiger charge is 2.12. The van der Waals surface area contributed by atoms with Gasteiger partial charge in [0.25, 0.3) is 0 Å². The second-order valence-corrected chi connectivity index (χ2v) is 5.62. The van der Waals surface area contributed by atoms with Gasteiger partial charge in [0.15, 0.2) is 10.6 Å². The fourth-order valence-electron chi connectivity index (χ4n) is 1.10. The lowest BCUT2D eigenvalue weighted by atomic mass is 10.7. The minimum Gasteiger partial charge on any atom is -0.353 e. The molecule has 0 fully saturated rings. The number of rotatable bonds is 8. The van der Waals surface area contributed by atoms with Crippen LogP contribution in [-0.2, 0) is 9.47 Å². The summed E-state index contributed by atoms with van der Waals surface area (Å²) in [7, 11) is 3.91. The van der Waals surface area contributed by atoms with Crippen molar-refractivity contribution in [3.05, 3.63) is 0 Å². The van der Waals surface area contributed by atoms with Crippen molar-refractivity contribution in [1.29, 1.82) is 0 Å². The number of thioether (sulfide) groups is 1. The molecular weight excluding hydrogens is 258 g/mol. The normalized spacial score (nSPS) is 11.1. The van der Waals surface area contributed by atoms with Crippen LogP contribution < -0.4 is 4.90 Å². The van der Waals surface area contributed by atoms with Crippen LogP contribution in [0.2, 0.25) is 0 Å². The van der Waals surface area contributed by atoms with Gasteiger partial charge >= 0.3 is 0 Å². The molecule has 0 N–H and O–H groups in total. The van der Waals surface area contributed by atoms with Gasteiger partial charge in [0.05, 0.1) is 5.75 Å². The fraction of sp³-hybridized carbons (Fsp3) is 0.800. The zero-order valence-corrected chi connectivity index (χ0v) is 12.3. The van der Waals surface area contributed by atoms with Gasteiger partial charge in [0.1, 0.15) is 0 Å². The Kier molecular flexibility index (Phi) is 6.79. The molecule has 7 heteroatoms. The zero-order chi connectivity index (χ0) is 12.7. The number of hydrogen-bond acceptors (Lipinski definition) is 7. The third kappa shape index (κ3) is 5.20. The summed E-state index contributed by atoms with van der Waals surface area (Å²) in [5, 5.41) is 9.10. The minimum absolute atomic E-state index is 0.165. The fourth-order valence-corrected chi connectivity index (χ4v) is 2.83. The first-order valence-electron chi connectivity index (χ1n) is 5.54. The second-order valence-electron chi connectivity index (χ2n) is 3.40. The Bertz CT molecular complexity index is 314. The predicted molar refractivity (Wildman–Crippen MR) is 72.0 cm³/mol. The van der Waals surface area contributed by atoms with E-state index in [0.717, 1.165) is 15.2 Å². The van der Waals surface area contributed by atoms with E-state index in [1.165, 1.54) is 0 Å². The van der Waals surface area contributed by atoms with E-state index < -0.39 is 0 Å². The van der Waals surface area contributed by atoms with Crippen LogP contribution in [0.4, 0.5) is 5.13 Å². The lowest BCUT2D eigenvalue weighted by Crippen LogP contribution is -2.19. The van der Waals surface area contributed by atoms with Gasteiger partial charge in [-0.15, -0.1) is 10.2 Å². The average molecular weight is 277 g/mol. The maximum absolute atomic E-state index is 5.46. The maximum atomic E-state index is 5.46. The van der Waals surface area contributed by atoms with Crippen molar-refractivity contribution < 1.29 is 9.47 Å². The SMILES string of the molecule is CCOC(CSc1nnc(N(C)C)s1)OCC. The van der Waals surface area contributed by atoms with Crippen LogP contribution >= 0.6 is 23.1 Å². The molecule has 98 valence electrons. The van der Waals surface area contributed by atoms with Crippen LogP contribution in [-0.4, -0.2) is 49.5 Å². The number of hydrogen-bond donors (Lipinski definition) is 0. The first-order chi connectivity index (χ1) is 8.17. The largest absolute Gasteiger partial charge is 0.353 e. The van der Waals surface area contributed by atoms with E-state index in [1.807, 2.05) is 32.8 Å². The van der Waals surface area contributed by atoms with Crippen molar-refractivity contribution in [3.8, 4) is 0 Å². The molecular formula is C10H19N3O2S2. The molecule has 0 aliphatic heterocycles. The second kappa shape index (κ2) is 7.86. The molecule has 1 aromatic heterocycles. The van der Waals surface area contributed by atoms with Gasteiger partial charge in [-0.3, -0.25) is 0 Å². The van der Waals surface area contributed by atoms with Crippen LogP contribution in [0.5, 0.6) is 0 Å². The molecule has 0 saturated carbocycles. The Labute approximate surface area is 111 Å². The molecule has 1 aromatic rings. The smallest absolute Gasteiger partial charge is 0.208 e. The van der Waals surface area contributed by atoms with E-state index in [-0.39, 0.29) is 6.29 Å². The molecule has 1 rings (SSSR count). The van der Waals surface area contributed by atoms with E-state index in [4.69, 9.17) is 9.47 Å². The van der Waals surface area contributed by atoms with Crippen molar-refractivity contribution >= 4 is 28.2 Å². The summed E-state index contributed by atoms with van der Waals surface area (Å²) < 4.78 is 11.9. The van der Waals surface area contributed by atoms with Crippen molar-refractivity contribution in [2.24, 2.45) is 0 Å². The minimum atomic E-state index is -0.165. The van der Waals surface area contributed by atoms with Crippen LogP contribution in [0, 0.1) is 0 Å². The van der Waals surface area contributed by atoms with E-state index in [0.29, 0.717) is 13.2 Å². The predicted octanol–water partition coefficient (Wildman–Crippen LogP) is 2.10. The molecule has 0 aliphatic rings. The molecule has 1 heterocycles. The first kappa shape index (κ1) is 14.7. The summed E-state index contributed by atoms with van der Waals surface area (Å²) in [5.41, 5.74) is 0. The third-order valence-electron chi connectivity index (χ3n) is 1.83. The maximum Gasteiger partial charge on any atom is 0.208 e. The molecule has 0 unspecified atom stereocenters. The van der Waals surface area contributed by atoms with E-state index in [2.05, 4.69) is 10.2 Å². The number of nitrogens with zero attached hydrogens (tertiary/aromatic N) is 3. The highest BCUT2D eigenvalue weighted by molar-refractivity contribution is 8.01. The molecule has 0 amide bonds. The summed E-state index contributed by atoms with van der Waals surface area (Å²) in [6.07, 6.45) is -0.165. The first-order valence-corrected chi connectivity index (χ1v) is 7.34. The molecule has 0 spiro atoms. The van der Waals surface area contributed by atoms with Crippen molar-refractivity contribution in [1.82, 2.24) is 10.2 Å².